The van der Waals surface area contributed by atoms with Gasteiger partial charge in [0.2, 0.25) is 0 Å². The Balaban J connectivity index is 1.74. The number of hydrazine groups is 1. The number of carbonyl (C=O) groups is 1. The van der Waals surface area contributed by atoms with Crippen LogP contribution in [0.1, 0.15) is 16.1 Å². The fourth-order valence-corrected chi connectivity index (χ4v) is 3.40. The number of rotatable bonds is 5. The standard InChI is InChI=1S/C21H22ClN5O2/c22-16-5-7-17(8-6-16)27-14-19(21(28)25-26-9-11-29-12-10-26)24-20(27)18-4-2-1-3-15(18)13-23/h1-8,14H,9-13,23H2,(H,25,28). The minimum absolute atomic E-state index is 0.258. The van der Waals surface area contributed by atoms with E-state index in [1.165, 1.54) is 0 Å². The van der Waals surface area contributed by atoms with Crippen LogP contribution in [0.25, 0.3) is 17.1 Å². The Morgan fingerprint density at radius 3 is 2.59 bits per heavy atom. The summed E-state index contributed by atoms with van der Waals surface area (Å²) in [5, 5.41) is 2.49. The van der Waals surface area contributed by atoms with Gasteiger partial charge in [-0.15, -0.1) is 0 Å². The topological polar surface area (TPSA) is 85.4 Å². The Morgan fingerprint density at radius 1 is 1.14 bits per heavy atom. The lowest BCUT2D eigenvalue weighted by Crippen LogP contribution is -2.48. The van der Waals surface area contributed by atoms with Crippen molar-refractivity contribution in [1.29, 1.82) is 0 Å². The maximum Gasteiger partial charge on any atom is 0.285 e. The summed E-state index contributed by atoms with van der Waals surface area (Å²) in [7, 11) is 0. The van der Waals surface area contributed by atoms with E-state index < -0.39 is 0 Å². The van der Waals surface area contributed by atoms with Gasteiger partial charge < -0.3 is 10.5 Å². The molecule has 0 radical (unpaired) electrons. The Kier molecular flexibility index (Phi) is 5.92. The van der Waals surface area contributed by atoms with E-state index in [4.69, 9.17) is 22.1 Å². The normalized spacial score (nSPS) is 14.7. The molecule has 1 aromatic heterocycles. The molecule has 1 saturated heterocycles. The predicted octanol–water partition coefficient (Wildman–Crippen LogP) is 2.63. The van der Waals surface area contributed by atoms with Crippen molar-refractivity contribution in [1.82, 2.24) is 20.0 Å². The highest BCUT2D eigenvalue weighted by Gasteiger charge is 2.20. The van der Waals surface area contributed by atoms with E-state index in [9.17, 15) is 4.79 Å². The quantitative estimate of drug-likeness (QED) is 0.674. The molecule has 0 bridgehead atoms. The summed E-state index contributed by atoms with van der Waals surface area (Å²) in [4.78, 5) is 17.5. The number of amides is 1. The van der Waals surface area contributed by atoms with Crippen LogP contribution in [0.5, 0.6) is 0 Å². The van der Waals surface area contributed by atoms with Crippen molar-refractivity contribution in [3.05, 3.63) is 71.0 Å². The molecule has 29 heavy (non-hydrogen) atoms. The lowest BCUT2D eigenvalue weighted by Gasteiger charge is -2.26. The Hall–Kier alpha value is -2.71. The van der Waals surface area contributed by atoms with Gasteiger partial charge >= 0.3 is 0 Å². The number of nitrogens with one attached hydrogen (secondary N) is 1. The summed E-state index contributed by atoms with van der Waals surface area (Å²) < 4.78 is 7.21. The summed E-state index contributed by atoms with van der Waals surface area (Å²) in [6.07, 6.45) is 1.74. The Morgan fingerprint density at radius 2 is 1.86 bits per heavy atom. The molecule has 2 aromatic carbocycles. The molecule has 7 nitrogen and oxygen atoms in total. The summed E-state index contributed by atoms with van der Waals surface area (Å²) in [6, 6.07) is 15.2. The molecule has 150 valence electrons. The fourth-order valence-electron chi connectivity index (χ4n) is 3.27. The first kappa shape index (κ1) is 19.6. The number of carbonyl (C=O) groups excluding carboxylic acids is 1. The molecule has 2 heterocycles. The molecule has 4 rings (SSSR count). The third-order valence-corrected chi connectivity index (χ3v) is 5.04. The molecule has 0 saturated carbocycles. The zero-order chi connectivity index (χ0) is 20.2. The molecule has 3 N–H and O–H groups in total. The van der Waals surface area contributed by atoms with Crippen LogP contribution in [0.2, 0.25) is 5.02 Å². The summed E-state index contributed by atoms with van der Waals surface area (Å²) in [5.74, 6) is 0.395. The van der Waals surface area contributed by atoms with Crippen molar-refractivity contribution in [2.75, 3.05) is 26.3 Å². The molecule has 1 amide bonds. The average molecular weight is 412 g/mol. The van der Waals surface area contributed by atoms with Crippen LogP contribution in [-0.4, -0.2) is 46.8 Å². The minimum atomic E-state index is -0.258. The minimum Gasteiger partial charge on any atom is -0.379 e. The summed E-state index contributed by atoms with van der Waals surface area (Å²) in [5.41, 5.74) is 11.9. The van der Waals surface area contributed by atoms with Crippen LogP contribution in [0.15, 0.2) is 54.7 Å². The van der Waals surface area contributed by atoms with Crippen molar-refractivity contribution in [2.45, 2.75) is 6.54 Å². The molecule has 1 aliphatic heterocycles. The number of ether oxygens (including phenoxy) is 1. The van der Waals surface area contributed by atoms with Crippen LogP contribution < -0.4 is 11.2 Å². The second kappa shape index (κ2) is 8.75. The van der Waals surface area contributed by atoms with Crippen molar-refractivity contribution in [3.8, 4) is 17.1 Å². The van der Waals surface area contributed by atoms with Crippen LogP contribution >= 0.6 is 11.6 Å². The second-order valence-corrected chi connectivity index (χ2v) is 7.13. The van der Waals surface area contributed by atoms with Crippen molar-refractivity contribution in [3.63, 3.8) is 0 Å². The highest BCUT2D eigenvalue weighted by molar-refractivity contribution is 6.30. The number of halogens is 1. The molecule has 0 atom stereocenters. The third kappa shape index (κ3) is 4.33. The lowest BCUT2D eigenvalue weighted by molar-refractivity contribution is 0.0125. The highest BCUT2D eigenvalue weighted by Crippen LogP contribution is 2.27. The van der Waals surface area contributed by atoms with E-state index in [2.05, 4.69) is 10.4 Å². The summed E-state index contributed by atoms with van der Waals surface area (Å²) >= 11 is 6.05. The van der Waals surface area contributed by atoms with E-state index in [0.717, 1.165) is 16.8 Å². The van der Waals surface area contributed by atoms with E-state index in [-0.39, 0.29) is 5.91 Å². The van der Waals surface area contributed by atoms with Crippen LogP contribution in [0.4, 0.5) is 0 Å². The monoisotopic (exact) mass is 411 g/mol. The number of hydrogen-bond acceptors (Lipinski definition) is 5. The van der Waals surface area contributed by atoms with Crippen LogP contribution in [0, 0.1) is 0 Å². The van der Waals surface area contributed by atoms with Gasteiger partial charge in [0.1, 0.15) is 11.5 Å². The van der Waals surface area contributed by atoms with Gasteiger partial charge in [0.05, 0.1) is 13.2 Å². The van der Waals surface area contributed by atoms with Crippen LogP contribution in [-0.2, 0) is 11.3 Å². The van der Waals surface area contributed by atoms with Gasteiger partial charge in [-0.1, -0.05) is 35.9 Å². The number of imidazole rings is 1. The largest absolute Gasteiger partial charge is 0.379 e. The van der Waals surface area contributed by atoms with Gasteiger partial charge in [-0.25, -0.2) is 9.99 Å². The number of morpholine rings is 1. The number of nitrogens with zero attached hydrogens (tertiary/aromatic N) is 3. The molecule has 0 aliphatic carbocycles. The van der Waals surface area contributed by atoms with E-state index >= 15 is 0 Å². The fraction of sp³-hybridized carbons (Fsp3) is 0.238. The molecule has 0 spiro atoms. The molecule has 0 unspecified atom stereocenters. The molecule has 8 heteroatoms. The van der Waals surface area contributed by atoms with E-state index in [1.807, 2.05) is 58.1 Å². The van der Waals surface area contributed by atoms with E-state index in [1.54, 1.807) is 6.20 Å². The highest BCUT2D eigenvalue weighted by atomic mass is 35.5. The first-order valence-corrected chi connectivity index (χ1v) is 9.81. The van der Waals surface area contributed by atoms with Gasteiger partial charge in [0.15, 0.2) is 0 Å². The predicted molar refractivity (Wildman–Crippen MR) is 112 cm³/mol. The smallest absolute Gasteiger partial charge is 0.285 e. The van der Waals surface area contributed by atoms with Gasteiger partial charge in [-0.3, -0.25) is 14.8 Å². The van der Waals surface area contributed by atoms with Gasteiger partial charge in [-0.2, -0.15) is 0 Å². The number of nitrogens with two attached hydrogens (primary N) is 1. The number of hydrogen-bond donors (Lipinski definition) is 2. The van der Waals surface area contributed by atoms with Crippen molar-refractivity contribution < 1.29 is 9.53 Å². The summed E-state index contributed by atoms with van der Waals surface area (Å²) in [6.45, 7) is 2.85. The van der Waals surface area contributed by atoms with Gasteiger partial charge in [-0.05, 0) is 29.8 Å². The second-order valence-electron chi connectivity index (χ2n) is 6.70. The first-order valence-electron chi connectivity index (χ1n) is 9.43. The zero-order valence-corrected chi connectivity index (χ0v) is 16.6. The first-order chi connectivity index (χ1) is 14.2. The molecule has 1 fully saturated rings. The van der Waals surface area contributed by atoms with Crippen molar-refractivity contribution in [2.24, 2.45) is 5.73 Å². The number of benzene rings is 2. The molecule has 1 aliphatic rings. The van der Waals surface area contributed by atoms with E-state index in [0.29, 0.717) is 49.4 Å². The SMILES string of the molecule is NCc1ccccc1-c1nc(C(=O)NN2CCOCC2)cn1-c1ccc(Cl)cc1. The third-order valence-electron chi connectivity index (χ3n) is 4.79. The van der Waals surface area contributed by atoms with Crippen LogP contribution in [0.3, 0.4) is 0 Å². The zero-order valence-electron chi connectivity index (χ0n) is 15.8. The van der Waals surface area contributed by atoms with Gasteiger partial charge in [0, 0.05) is 42.1 Å². The molecular weight excluding hydrogens is 390 g/mol. The number of aromatic nitrogens is 2. The average Bonchev–Trinajstić information content (AvgIpc) is 3.20. The Labute approximate surface area is 174 Å². The van der Waals surface area contributed by atoms with Crippen molar-refractivity contribution >= 4 is 17.5 Å². The van der Waals surface area contributed by atoms with Gasteiger partial charge in [0.25, 0.3) is 5.91 Å². The Bertz CT molecular complexity index is 997. The maximum atomic E-state index is 12.8. The molecular formula is C21H22ClN5O2. The lowest BCUT2D eigenvalue weighted by atomic mass is 10.1. The molecule has 3 aromatic rings. The maximum absolute atomic E-state index is 12.8.